The van der Waals surface area contributed by atoms with E-state index in [1.807, 2.05) is 29.8 Å². The lowest BCUT2D eigenvalue weighted by molar-refractivity contribution is 0.0951. The number of hydrogen-bond acceptors (Lipinski definition) is 4. The average Bonchev–Trinajstić information content (AvgIpc) is 3.24. The molecule has 1 N–H and O–H groups in total. The maximum absolute atomic E-state index is 12.0. The summed E-state index contributed by atoms with van der Waals surface area (Å²) in [5.74, 6) is 0.648. The Morgan fingerprint density at radius 1 is 1.32 bits per heavy atom. The molecule has 1 amide bonds. The van der Waals surface area contributed by atoms with Crippen molar-refractivity contribution < 1.29 is 4.79 Å². The first-order chi connectivity index (χ1) is 10.8. The van der Waals surface area contributed by atoms with Crippen molar-refractivity contribution >= 4 is 5.91 Å². The van der Waals surface area contributed by atoms with Gasteiger partial charge in [-0.1, -0.05) is 6.07 Å². The van der Waals surface area contributed by atoms with Crippen molar-refractivity contribution in [3.05, 3.63) is 60.6 Å². The second-order valence-corrected chi connectivity index (χ2v) is 4.76. The van der Waals surface area contributed by atoms with E-state index in [1.54, 1.807) is 35.8 Å². The van der Waals surface area contributed by atoms with Gasteiger partial charge in [-0.2, -0.15) is 5.10 Å². The smallest absolute Gasteiger partial charge is 0.254 e. The molecule has 112 valence electrons. The van der Waals surface area contributed by atoms with Crippen molar-refractivity contribution in [2.75, 3.05) is 0 Å². The molecule has 0 unspecified atom stereocenters. The number of imidazole rings is 1. The molecule has 0 aliphatic heterocycles. The van der Waals surface area contributed by atoms with Gasteiger partial charge in [-0.3, -0.25) is 14.0 Å². The number of carbonyl (C=O) groups is 1. The van der Waals surface area contributed by atoms with Crippen molar-refractivity contribution in [3.63, 3.8) is 0 Å². The van der Waals surface area contributed by atoms with E-state index < -0.39 is 0 Å². The first-order valence-electron chi connectivity index (χ1n) is 7.00. The van der Waals surface area contributed by atoms with Gasteiger partial charge in [0, 0.05) is 37.9 Å². The van der Waals surface area contributed by atoms with Crippen molar-refractivity contribution in [1.82, 2.24) is 29.6 Å². The number of nitrogens with zero attached hydrogens (tertiary/aromatic N) is 5. The number of nitrogens with one attached hydrogen (secondary N) is 1. The number of pyridine rings is 1. The molecule has 7 nitrogen and oxygen atoms in total. The van der Waals surface area contributed by atoms with Gasteiger partial charge in [-0.15, -0.1) is 0 Å². The molecule has 3 aromatic heterocycles. The second kappa shape index (κ2) is 6.21. The van der Waals surface area contributed by atoms with Gasteiger partial charge >= 0.3 is 0 Å². The Kier molecular flexibility index (Phi) is 3.95. The van der Waals surface area contributed by atoms with Gasteiger partial charge in [0.25, 0.3) is 5.91 Å². The van der Waals surface area contributed by atoms with Crippen LogP contribution in [0.5, 0.6) is 0 Å². The summed E-state index contributed by atoms with van der Waals surface area (Å²) in [6, 6.07) is 3.82. The fourth-order valence-electron chi connectivity index (χ4n) is 2.01. The maximum atomic E-state index is 12.0. The van der Waals surface area contributed by atoms with Crippen LogP contribution in [0.1, 0.15) is 22.8 Å². The van der Waals surface area contributed by atoms with Crippen LogP contribution >= 0.6 is 0 Å². The summed E-state index contributed by atoms with van der Waals surface area (Å²) in [5.41, 5.74) is 1.49. The molecule has 0 atom stereocenters. The number of carbonyl (C=O) groups excluding carboxylic acids is 1. The standard InChI is InChI=1S/C15H16N6O/c1-2-21-10-13(9-19-21)15(22)18-8-12-3-4-14(17-7-12)20-6-5-16-11-20/h3-7,9-11H,2,8H2,1H3,(H,18,22). The van der Waals surface area contributed by atoms with Gasteiger partial charge in [0.15, 0.2) is 0 Å². The highest BCUT2D eigenvalue weighted by Gasteiger charge is 2.08. The van der Waals surface area contributed by atoms with Gasteiger partial charge in [0.2, 0.25) is 0 Å². The normalized spacial score (nSPS) is 10.6. The van der Waals surface area contributed by atoms with Crippen molar-refractivity contribution in [2.45, 2.75) is 20.0 Å². The summed E-state index contributed by atoms with van der Waals surface area (Å²) in [4.78, 5) is 20.3. The quantitative estimate of drug-likeness (QED) is 0.772. The number of aromatic nitrogens is 5. The summed E-state index contributed by atoms with van der Waals surface area (Å²) < 4.78 is 3.54. The van der Waals surface area contributed by atoms with E-state index in [1.165, 1.54) is 0 Å². The third kappa shape index (κ3) is 3.03. The van der Waals surface area contributed by atoms with Crippen LogP contribution in [0, 0.1) is 0 Å². The molecule has 0 saturated carbocycles. The highest BCUT2D eigenvalue weighted by atomic mass is 16.1. The molecular weight excluding hydrogens is 280 g/mol. The minimum Gasteiger partial charge on any atom is -0.348 e. The molecule has 3 aromatic rings. The zero-order valence-electron chi connectivity index (χ0n) is 12.2. The van der Waals surface area contributed by atoms with Crippen molar-refractivity contribution in [2.24, 2.45) is 0 Å². The molecule has 0 saturated heterocycles. The zero-order chi connectivity index (χ0) is 15.4. The summed E-state index contributed by atoms with van der Waals surface area (Å²) in [6.07, 6.45) is 10.3. The van der Waals surface area contributed by atoms with Crippen LogP contribution in [0.15, 0.2) is 49.4 Å². The van der Waals surface area contributed by atoms with Gasteiger partial charge in [-0.05, 0) is 18.6 Å². The third-order valence-corrected chi connectivity index (χ3v) is 3.25. The van der Waals surface area contributed by atoms with E-state index in [0.717, 1.165) is 17.9 Å². The largest absolute Gasteiger partial charge is 0.348 e. The molecule has 7 heteroatoms. The fourth-order valence-corrected chi connectivity index (χ4v) is 2.01. The highest BCUT2D eigenvalue weighted by Crippen LogP contribution is 2.06. The Labute approximate surface area is 127 Å². The predicted molar refractivity (Wildman–Crippen MR) is 80.4 cm³/mol. The van der Waals surface area contributed by atoms with Gasteiger partial charge < -0.3 is 5.32 Å². The van der Waals surface area contributed by atoms with E-state index in [2.05, 4.69) is 20.4 Å². The lowest BCUT2D eigenvalue weighted by Crippen LogP contribution is -2.22. The molecule has 3 rings (SSSR count). The number of rotatable bonds is 5. The minimum absolute atomic E-state index is 0.140. The van der Waals surface area contributed by atoms with E-state index >= 15 is 0 Å². The van der Waals surface area contributed by atoms with E-state index in [-0.39, 0.29) is 5.91 Å². The average molecular weight is 296 g/mol. The Bertz CT molecular complexity index is 745. The number of hydrogen-bond donors (Lipinski definition) is 1. The molecule has 0 spiro atoms. The lowest BCUT2D eigenvalue weighted by Gasteiger charge is -2.05. The minimum atomic E-state index is -0.140. The molecule has 0 fully saturated rings. The molecule has 22 heavy (non-hydrogen) atoms. The van der Waals surface area contributed by atoms with Crippen LogP contribution in [0.3, 0.4) is 0 Å². The Morgan fingerprint density at radius 3 is 2.86 bits per heavy atom. The SMILES string of the molecule is CCn1cc(C(=O)NCc2ccc(-n3ccnc3)nc2)cn1. The fraction of sp³-hybridized carbons (Fsp3) is 0.200. The third-order valence-electron chi connectivity index (χ3n) is 3.25. The predicted octanol–water partition coefficient (Wildman–Crippen LogP) is 1.41. The Morgan fingerprint density at radius 2 is 2.23 bits per heavy atom. The van der Waals surface area contributed by atoms with E-state index in [9.17, 15) is 4.79 Å². The lowest BCUT2D eigenvalue weighted by atomic mass is 10.2. The van der Waals surface area contributed by atoms with Gasteiger partial charge in [-0.25, -0.2) is 9.97 Å². The second-order valence-electron chi connectivity index (χ2n) is 4.76. The molecule has 0 aliphatic carbocycles. The maximum Gasteiger partial charge on any atom is 0.254 e. The molecule has 0 radical (unpaired) electrons. The summed E-state index contributed by atoms with van der Waals surface area (Å²) in [7, 11) is 0. The molecule has 0 aromatic carbocycles. The van der Waals surface area contributed by atoms with Crippen molar-refractivity contribution in [3.8, 4) is 5.82 Å². The summed E-state index contributed by atoms with van der Waals surface area (Å²) in [6.45, 7) is 3.14. The van der Waals surface area contributed by atoms with Crippen LogP contribution in [0.2, 0.25) is 0 Å². The van der Waals surface area contributed by atoms with Gasteiger partial charge in [0.1, 0.15) is 12.1 Å². The summed E-state index contributed by atoms with van der Waals surface area (Å²) in [5, 5.41) is 6.94. The Hall–Kier alpha value is -2.96. The Balaban J connectivity index is 1.60. The monoisotopic (exact) mass is 296 g/mol. The first-order valence-corrected chi connectivity index (χ1v) is 7.00. The van der Waals surface area contributed by atoms with Crippen LogP contribution in [0.4, 0.5) is 0 Å². The van der Waals surface area contributed by atoms with Crippen LogP contribution in [-0.2, 0) is 13.1 Å². The van der Waals surface area contributed by atoms with Gasteiger partial charge in [0.05, 0.1) is 11.8 Å². The topological polar surface area (TPSA) is 77.6 Å². The molecule has 0 aliphatic rings. The van der Waals surface area contributed by atoms with Crippen LogP contribution < -0.4 is 5.32 Å². The van der Waals surface area contributed by atoms with E-state index in [4.69, 9.17) is 0 Å². The number of aryl methyl sites for hydroxylation is 1. The molecule has 3 heterocycles. The highest BCUT2D eigenvalue weighted by molar-refractivity contribution is 5.93. The molecule has 0 bridgehead atoms. The first kappa shape index (κ1) is 14.0. The number of amides is 1. The van der Waals surface area contributed by atoms with Crippen LogP contribution in [-0.4, -0.2) is 30.2 Å². The molecular formula is C15H16N6O. The zero-order valence-corrected chi connectivity index (χ0v) is 12.2. The van der Waals surface area contributed by atoms with E-state index in [0.29, 0.717) is 12.1 Å². The van der Waals surface area contributed by atoms with Crippen LogP contribution in [0.25, 0.3) is 5.82 Å². The summed E-state index contributed by atoms with van der Waals surface area (Å²) >= 11 is 0. The van der Waals surface area contributed by atoms with Crippen molar-refractivity contribution in [1.29, 1.82) is 0 Å².